The highest BCUT2D eigenvalue weighted by molar-refractivity contribution is 6.07. The van der Waals surface area contributed by atoms with Crippen LogP contribution >= 0.6 is 0 Å². The van der Waals surface area contributed by atoms with Gasteiger partial charge in [0.1, 0.15) is 11.6 Å². The smallest absolute Gasteiger partial charge is 0.257 e. The molecule has 0 bridgehead atoms. The largest absolute Gasteiger partial charge is 0.379 e. The highest BCUT2D eigenvalue weighted by Crippen LogP contribution is 2.39. The summed E-state index contributed by atoms with van der Waals surface area (Å²) in [5, 5.41) is 3.45. The Labute approximate surface area is 206 Å². The number of benzene rings is 2. The summed E-state index contributed by atoms with van der Waals surface area (Å²) in [7, 11) is 0. The lowest BCUT2D eigenvalue weighted by Gasteiger charge is -2.26. The van der Waals surface area contributed by atoms with Gasteiger partial charge in [0.2, 0.25) is 0 Å². The molecule has 9 heteroatoms. The molecular formula is C27H26F2N4O3. The second-order valence-corrected chi connectivity index (χ2v) is 8.74. The quantitative estimate of drug-likeness (QED) is 0.341. The Morgan fingerprint density at radius 3 is 2.69 bits per heavy atom. The number of nitrogens with one attached hydrogen (secondary N) is 3. The Bertz CT molecular complexity index is 1460. The average molecular weight is 493 g/mol. The predicted molar refractivity (Wildman–Crippen MR) is 134 cm³/mol. The fraction of sp³-hybridized carbons (Fsp3) is 0.259. The number of amides is 1. The number of hydrogen-bond donors (Lipinski definition) is 3. The van der Waals surface area contributed by atoms with Crippen LogP contribution in [0.2, 0.25) is 0 Å². The maximum absolute atomic E-state index is 14.9. The zero-order valence-electron chi connectivity index (χ0n) is 19.6. The van der Waals surface area contributed by atoms with E-state index < -0.39 is 11.6 Å². The van der Waals surface area contributed by atoms with Crippen molar-refractivity contribution in [1.29, 1.82) is 0 Å². The third-order valence-corrected chi connectivity index (χ3v) is 6.39. The van der Waals surface area contributed by atoms with Crippen LogP contribution in [0.4, 0.5) is 8.78 Å². The Hall–Kier alpha value is -3.82. The molecule has 0 radical (unpaired) electrons. The van der Waals surface area contributed by atoms with Crippen molar-refractivity contribution in [2.24, 2.45) is 0 Å². The van der Waals surface area contributed by atoms with Gasteiger partial charge in [0, 0.05) is 53.4 Å². The molecule has 1 saturated heterocycles. The van der Waals surface area contributed by atoms with Gasteiger partial charge in [-0.25, -0.2) is 8.78 Å². The second-order valence-electron chi connectivity index (χ2n) is 8.74. The molecule has 3 heterocycles. The van der Waals surface area contributed by atoms with Crippen molar-refractivity contribution in [2.75, 3.05) is 39.4 Å². The van der Waals surface area contributed by atoms with E-state index >= 15 is 0 Å². The molecule has 3 N–H and O–H groups in total. The first-order valence-electron chi connectivity index (χ1n) is 11.9. The molecule has 36 heavy (non-hydrogen) atoms. The maximum Gasteiger partial charge on any atom is 0.257 e. The van der Waals surface area contributed by atoms with Gasteiger partial charge in [0.15, 0.2) is 0 Å². The van der Waals surface area contributed by atoms with Crippen LogP contribution in [0.15, 0.2) is 59.5 Å². The molecule has 1 amide bonds. The normalized spacial score (nSPS) is 14.3. The van der Waals surface area contributed by atoms with Gasteiger partial charge in [-0.3, -0.25) is 14.5 Å². The molecule has 186 valence electrons. The molecular weight excluding hydrogens is 466 g/mol. The van der Waals surface area contributed by atoms with E-state index in [1.165, 1.54) is 6.20 Å². The van der Waals surface area contributed by atoms with Gasteiger partial charge in [0.05, 0.1) is 24.5 Å². The Morgan fingerprint density at radius 1 is 1.06 bits per heavy atom. The average Bonchev–Trinajstić information content (AvgIpc) is 3.27. The molecule has 0 aliphatic carbocycles. The summed E-state index contributed by atoms with van der Waals surface area (Å²) >= 11 is 0. The summed E-state index contributed by atoms with van der Waals surface area (Å²) in [6.45, 7) is 4.63. The zero-order chi connectivity index (χ0) is 25.1. The highest BCUT2D eigenvalue weighted by Gasteiger charge is 2.21. The molecule has 2 aromatic carbocycles. The monoisotopic (exact) mass is 492 g/mol. The molecule has 1 fully saturated rings. The molecule has 0 saturated carbocycles. The number of carbonyl (C=O) groups is 1. The number of halogens is 2. The number of aromatic nitrogens is 2. The van der Waals surface area contributed by atoms with E-state index in [2.05, 4.69) is 20.2 Å². The van der Waals surface area contributed by atoms with Gasteiger partial charge in [0.25, 0.3) is 11.5 Å². The number of ether oxygens (including phenoxy) is 1. The van der Waals surface area contributed by atoms with E-state index in [4.69, 9.17) is 4.74 Å². The summed E-state index contributed by atoms with van der Waals surface area (Å²) in [6, 6.07) is 11.5. The maximum atomic E-state index is 14.9. The Balaban J connectivity index is 1.48. The van der Waals surface area contributed by atoms with Gasteiger partial charge in [-0.05, 0) is 61.5 Å². The first-order chi connectivity index (χ1) is 17.5. The molecule has 4 aromatic rings. The number of carbonyl (C=O) groups excluding carboxylic acids is 1. The first-order valence-corrected chi connectivity index (χ1v) is 11.9. The Kier molecular flexibility index (Phi) is 6.92. The highest BCUT2D eigenvalue weighted by atomic mass is 19.1. The van der Waals surface area contributed by atoms with E-state index in [1.54, 1.807) is 30.3 Å². The van der Waals surface area contributed by atoms with Crippen LogP contribution in [0.1, 0.15) is 16.8 Å². The number of H-pyrrole nitrogens is 2. The molecule has 2 aromatic heterocycles. The van der Waals surface area contributed by atoms with Crippen molar-refractivity contribution in [2.45, 2.75) is 6.42 Å². The van der Waals surface area contributed by atoms with Gasteiger partial charge in [-0.1, -0.05) is 0 Å². The third kappa shape index (κ3) is 4.93. The summed E-state index contributed by atoms with van der Waals surface area (Å²) < 4.78 is 34.4. The fourth-order valence-corrected chi connectivity index (χ4v) is 4.55. The van der Waals surface area contributed by atoms with Crippen LogP contribution in [0.25, 0.3) is 33.3 Å². The summed E-state index contributed by atoms with van der Waals surface area (Å²) in [4.78, 5) is 33.5. The lowest BCUT2D eigenvalue weighted by atomic mass is 9.97. The van der Waals surface area contributed by atoms with Gasteiger partial charge in [-0.15, -0.1) is 0 Å². The van der Waals surface area contributed by atoms with Crippen molar-refractivity contribution in [3.05, 3.63) is 82.3 Å². The van der Waals surface area contributed by atoms with Crippen molar-refractivity contribution in [3.8, 4) is 22.4 Å². The number of aromatic amines is 2. The molecule has 1 aliphatic heterocycles. The molecule has 0 unspecified atom stereocenters. The summed E-state index contributed by atoms with van der Waals surface area (Å²) in [5.74, 6) is -1.50. The molecule has 1 aliphatic rings. The Morgan fingerprint density at radius 2 is 1.89 bits per heavy atom. The van der Waals surface area contributed by atoms with Crippen LogP contribution < -0.4 is 10.9 Å². The molecule has 0 atom stereocenters. The topological polar surface area (TPSA) is 90.2 Å². The van der Waals surface area contributed by atoms with E-state index in [9.17, 15) is 18.4 Å². The van der Waals surface area contributed by atoms with E-state index in [-0.39, 0.29) is 22.6 Å². The standard InChI is InChI=1S/C27H26F2N4O3/c28-18-5-6-22(29)20(16-18)24-21-15-17(26(34)30-9-2-10-33-11-13-36-14-12-33)4-7-23(21)32-25(24)19-3-1-8-31-27(19)35/h1,3-8,15-16,32H,2,9-14H2,(H,30,34)(H,31,35). The van der Waals surface area contributed by atoms with Gasteiger partial charge in [-0.2, -0.15) is 0 Å². The molecule has 0 spiro atoms. The molecule has 5 rings (SSSR count). The number of nitrogens with zero attached hydrogens (tertiary/aromatic N) is 1. The van der Waals surface area contributed by atoms with E-state index in [0.717, 1.165) is 57.5 Å². The van der Waals surface area contributed by atoms with Crippen LogP contribution in [0.5, 0.6) is 0 Å². The molecule has 7 nitrogen and oxygen atoms in total. The van der Waals surface area contributed by atoms with Crippen molar-refractivity contribution in [3.63, 3.8) is 0 Å². The lowest BCUT2D eigenvalue weighted by Crippen LogP contribution is -2.38. The second kappa shape index (κ2) is 10.4. The van der Waals surface area contributed by atoms with Crippen molar-refractivity contribution < 1.29 is 18.3 Å². The van der Waals surface area contributed by atoms with E-state index in [1.807, 2.05) is 0 Å². The van der Waals surface area contributed by atoms with Crippen molar-refractivity contribution in [1.82, 2.24) is 20.2 Å². The fourth-order valence-electron chi connectivity index (χ4n) is 4.55. The summed E-state index contributed by atoms with van der Waals surface area (Å²) in [6.07, 6.45) is 2.30. The number of fused-ring (bicyclic) bond motifs is 1. The summed E-state index contributed by atoms with van der Waals surface area (Å²) in [5.41, 5.74) is 1.56. The minimum absolute atomic E-state index is 0.00238. The first kappa shape index (κ1) is 23.9. The SMILES string of the molecule is O=C(NCCCN1CCOCC1)c1ccc2[nH]c(-c3ccc[nH]c3=O)c(-c3cc(F)ccc3F)c2c1. The van der Waals surface area contributed by atoms with E-state index in [0.29, 0.717) is 34.3 Å². The minimum Gasteiger partial charge on any atom is -0.379 e. The lowest BCUT2D eigenvalue weighted by molar-refractivity contribution is 0.0374. The van der Waals surface area contributed by atoms with Crippen LogP contribution in [-0.4, -0.2) is 60.2 Å². The third-order valence-electron chi connectivity index (χ3n) is 6.39. The predicted octanol–water partition coefficient (Wildman–Crippen LogP) is 3.92. The van der Waals surface area contributed by atoms with Crippen LogP contribution in [0, 0.1) is 11.6 Å². The zero-order valence-corrected chi connectivity index (χ0v) is 19.6. The number of morpholine rings is 1. The van der Waals surface area contributed by atoms with Crippen LogP contribution in [-0.2, 0) is 4.74 Å². The van der Waals surface area contributed by atoms with Crippen molar-refractivity contribution >= 4 is 16.8 Å². The number of hydrogen-bond acceptors (Lipinski definition) is 4. The van der Waals surface area contributed by atoms with Gasteiger partial charge < -0.3 is 20.0 Å². The van der Waals surface area contributed by atoms with Gasteiger partial charge >= 0.3 is 0 Å². The van der Waals surface area contributed by atoms with Crippen LogP contribution in [0.3, 0.4) is 0 Å². The number of rotatable bonds is 7. The number of pyridine rings is 1. The minimum atomic E-state index is -0.635.